The van der Waals surface area contributed by atoms with Crippen molar-refractivity contribution in [2.45, 2.75) is 38.7 Å². The Morgan fingerprint density at radius 2 is 2.00 bits per heavy atom. The fourth-order valence-corrected chi connectivity index (χ4v) is 1.89. The van der Waals surface area contributed by atoms with Crippen LogP contribution in [0.2, 0.25) is 0 Å². The molecule has 0 radical (unpaired) electrons. The van der Waals surface area contributed by atoms with Gasteiger partial charge >= 0.3 is 0 Å². The smallest absolute Gasteiger partial charge is 0.122 e. The summed E-state index contributed by atoms with van der Waals surface area (Å²) in [7, 11) is 0. The minimum Gasteiger partial charge on any atom is -0.365 e. The van der Waals surface area contributed by atoms with E-state index in [0.29, 0.717) is 12.0 Å². The summed E-state index contributed by atoms with van der Waals surface area (Å²) in [6, 6.07) is 0. The maximum Gasteiger partial charge on any atom is 0.122 e. The molecular formula is C8H16O4S. The summed E-state index contributed by atoms with van der Waals surface area (Å²) in [5.74, 6) is 1.24. The Labute approximate surface area is 82.6 Å². The Morgan fingerprint density at radius 3 is 2.62 bits per heavy atom. The van der Waals surface area contributed by atoms with Crippen molar-refractivity contribution in [2.75, 3.05) is 5.94 Å². The molecule has 0 aromatic carbocycles. The zero-order valence-corrected chi connectivity index (χ0v) is 8.59. The Balaban J connectivity index is 1.96. The highest BCUT2D eigenvalue weighted by molar-refractivity contribution is 7.94. The maximum absolute atomic E-state index is 7.84. The highest BCUT2D eigenvalue weighted by Gasteiger charge is 2.18. The summed E-state index contributed by atoms with van der Waals surface area (Å²) in [4.78, 5) is 0. The quantitative estimate of drug-likeness (QED) is 0.247. The monoisotopic (exact) mass is 208 g/mol. The summed E-state index contributed by atoms with van der Waals surface area (Å²) in [5, 5.41) is 11.3. The van der Waals surface area contributed by atoms with E-state index in [-0.39, 0.29) is 0 Å². The van der Waals surface area contributed by atoms with Gasteiger partial charge in [0.15, 0.2) is 0 Å². The first kappa shape index (κ1) is 11.3. The molecule has 0 saturated heterocycles. The van der Waals surface area contributed by atoms with Crippen LogP contribution in [-0.2, 0) is 14.1 Å². The molecule has 1 fully saturated rings. The van der Waals surface area contributed by atoms with Crippen molar-refractivity contribution >= 4 is 12.0 Å². The summed E-state index contributed by atoms with van der Waals surface area (Å²) in [6.07, 6.45) is 5.09. The Hall–Kier alpha value is 0.190. The molecular weight excluding hydrogens is 192 g/mol. The van der Waals surface area contributed by atoms with Crippen LogP contribution in [0.15, 0.2) is 0 Å². The van der Waals surface area contributed by atoms with E-state index in [0.717, 1.165) is 30.8 Å². The highest BCUT2D eigenvalue weighted by Crippen LogP contribution is 2.26. The largest absolute Gasteiger partial charge is 0.365 e. The van der Waals surface area contributed by atoms with Crippen molar-refractivity contribution in [3.8, 4) is 0 Å². The molecule has 5 heteroatoms. The van der Waals surface area contributed by atoms with E-state index in [4.69, 9.17) is 9.99 Å². The van der Waals surface area contributed by atoms with Crippen molar-refractivity contribution in [1.29, 1.82) is 0 Å². The van der Waals surface area contributed by atoms with E-state index in [1.807, 2.05) is 0 Å². The average Bonchev–Trinajstić information content (AvgIpc) is 2.15. The van der Waals surface area contributed by atoms with Gasteiger partial charge in [-0.3, -0.25) is 0 Å². The Kier molecular flexibility index (Phi) is 5.73. The molecule has 1 N–H and O–H groups in total. The molecule has 0 spiro atoms. The van der Waals surface area contributed by atoms with Crippen molar-refractivity contribution in [1.82, 2.24) is 0 Å². The van der Waals surface area contributed by atoms with Crippen LogP contribution in [0.5, 0.6) is 0 Å². The third-order valence-corrected chi connectivity index (χ3v) is 2.78. The van der Waals surface area contributed by atoms with E-state index in [2.05, 4.69) is 16.3 Å². The lowest BCUT2D eigenvalue weighted by molar-refractivity contribution is -0.432. The lowest BCUT2D eigenvalue weighted by Gasteiger charge is -2.25. The Bertz CT molecular complexity index is 125. The average molecular weight is 208 g/mol. The zero-order valence-electron chi connectivity index (χ0n) is 7.77. The second kappa shape index (κ2) is 6.62. The van der Waals surface area contributed by atoms with Gasteiger partial charge in [-0.15, -0.1) is 4.33 Å². The lowest BCUT2D eigenvalue weighted by Crippen LogP contribution is -2.20. The molecule has 0 amide bonds. The second-order valence-electron chi connectivity index (χ2n) is 3.43. The van der Waals surface area contributed by atoms with E-state index < -0.39 is 0 Å². The molecule has 0 aromatic heterocycles. The topological polar surface area (TPSA) is 47.9 Å². The fourth-order valence-electron chi connectivity index (χ4n) is 1.56. The van der Waals surface area contributed by atoms with Crippen LogP contribution in [0.3, 0.4) is 0 Å². The molecule has 0 aromatic rings. The van der Waals surface area contributed by atoms with E-state index in [9.17, 15) is 0 Å². The molecule has 0 bridgehead atoms. The van der Waals surface area contributed by atoms with Gasteiger partial charge in [0.05, 0.1) is 18.1 Å². The molecule has 1 aliphatic carbocycles. The van der Waals surface area contributed by atoms with Crippen molar-refractivity contribution in [2.24, 2.45) is 5.92 Å². The lowest BCUT2D eigenvalue weighted by atomic mass is 9.89. The molecule has 1 saturated carbocycles. The normalized spacial score (nSPS) is 29.1. The molecule has 4 nitrogen and oxygen atoms in total. The van der Waals surface area contributed by atoms with Gasteiger partial charge in [0.25, 0.3) is 0 Å². The van der Waals surface area contributed by atoms with Crippen LogP contribution in [0.4, 0.5) is 0 Å². The summed E-state index contributed by atoms with van der Waals surface area (Å²) in [6.45, 7) is 2.27. The molecule has 1 aliphatic rings. The van der Waals surface area contributed by atoms with Gasteiger partial charge in [-0.25, -0.2) is 5.26 Å². The van der Waals surface area contributed by atoms with Crippen LogP contribution < -0.4 is 0 Å². The van der Waals surface area contributed by atoms with Crippen molar-refractivity contribution in [3.05, 3.63) is 0 Å². The first-order valence-electron chi connectivity index (χ1n) is 4.54. The molecule has 1 rings (SSSR count). The fraction of sp³-hybridized carbons (Fsp3) is 1.00. The minimum atomic E-state index is 0.353. The molecule has 13 heavy (non-hydrogen) atoms. The van der Waals surface area contributed by atoms with Crippen LogP contribution in [0.25, 0.3) is 0 Å². The van der Waals surface area contributed by atoms with Gasteiger partial charge in [0.1, 0.15) is 5.94 Å². The summed E-state index contributed by atoms with van der Waals surface area (Å²) < 4.78 is 9.67. The predicted molar refractivity (Wildman–Crippen MR) is 49.8 cm³/mol. The number of rotatable bonds is 5. The van der Waals surface area contributed by atoms with Gasteiger partial charge in [0.2, 0.25) is 0 Å². The van der Waals surface area contributed by atoms with Crippen LogP contribution >= 0.6 is 12.0 Å². The van der Waals surface area contributed by atoms with Crippen molar-refractivity contribution in [3.63, 3.8) is 0 Å². The van der Waals surface area contributed by atoms with Gasteiger partial charge in [-0.2, -0.15) is 0 Å². The van der Waals surface area contributed by atoms with Crippen LogP contribution in [-0.4, -0.2) is 17.3 Å². The SMILES string of the molecule is CC1CCC(OCSOOO)CC1. The summed E-state index contributed by atoms with van der Waals surface area (Å²) in [5.41, 5.74) is 0. The second-order valence-corrected chi connectivity index (χ2v) is 4.03. The number of ether oxygens (including phenoxy) is 1. The molecule has 0 heterocycles. The van der Waals surface area contributed by atoms with E-state index >= 15 is 0 Å². The molecule has 0 unspecified atom stereocenters. The minimum absolute atomic E-state index is 0.353. The molecule has 78 valence electrons. The first-order chi connectivity index (χ1) is 6.33. The third kappa shape index (κ3) is 4.83. The number of hydrogen-bond donors (Lipinski definition) is 1. The first-order valence-corrected chi connectivity index (χ1v) is 5.45. The van der Waals surface area contributed by atoms with Gasteiger partial charge in [-0.05, 0) is 31.6 Å². The summed E-state index contributed by atoms with van der Waals surface area (Å²) >= 11 is 0.953. The zero-order chi connectivity index (χ0) is 9.52. The Morgan fingerprint density at radius 1 is 1.31 bits per heavy atom. The van der Waals surface area contributed by atoms with Crippen molar-refractivity contribution < 1.29 is 19.4 Å². The number of hydrogen-bond acceptors (Lipinski definition) is 5. The van der Waals surface area contributed by atoms with Gasteiger partial charge < -0.3 is 4.74 Å². The van der Waals surface area contributed by atoms with Gasteiger partial charge in [0, 0.05) is 0 Å². The molecule has 0 atom stereocenters. The van der Waals surface area contributed by atoms with Crippen LogP contribution in [0, 0.1) is 5.92 Å². The van der Waals surface area contributed by atoms with E-state index in [1.54, 1.807) is 0 Å². The predicted octanol–water partition coefficient (Wildman–Crippen LogP) is 2.61. The maximum atomic E-state index is 7.84. The van der Waals surface area contributed by atoms with Gasteiger partial charge in [-0.1, -0.05) is 12.0 Å². The van der Waals surface area contributed by atoms with E-state index in [1.165, 1.54) is 12.8 Å². The highest BCUT2D eigenvalue weighted by atomic mass is 32.2. The molecule has 0 aliphatic heterocycles. The standard InChI is InChI=1S/C8H16O4S/c1-7-2-4-8(5-3-7)10-6-13-12-11-9/h7-9H,2-6H2,1H3. The van der Waals surface area contributed by atoms with Crippen LogP contribution in [0.1, 0.15) is 32.6 Å². The third-order valence-electron chi connectivity index (χ3n) is 2.39.